The molecule has 1 heterocycles. The van der Waals surface area contributed by atoms with Crippen LogP contribution in [0.2, 0.25) is 0 Å². The summed E-state index contributed by atoms with van der Waals surface area (Å²) in [4.78, 5) is 2.57. The molecule has 1 aromatic carbocycles. The number of halogens is 1. The van der Waals surface area contributed by atoms with Gasteiger partial charge in [0.2, 0.25) is 0 Å². The molecule has 2 rings (SSSR count). The van der Waals surface area contributed by atoms with Crippen LogP contribution in [0.5, 0.6) is 0 Å². The fourth-order valence-electron chi connectivity index (χ4n) is 2.76. The van der Waals surface area contributed by atoms with Crippen molar-refractivity contribution < 1.29 is 0 Å². The first kappa shape index (κ1) is 13.9. The molecule has 1 fully saturated rings. The smallest absolute Gasteiger partial charge is 0.0379 e. The van der Waals surface area contributed by atoms with Crippen molar-refractivity contribution in [3.05, 3.63) is 34.9 Å². The molecule has 1 aliphatic heterocycles. The van der Waals surface area contributed by atoms with E-state index >= 15 is 0 Å². The standard InChI is InChI=1S/C16H24ClN/c1-13-7-8-15(10-14(13)2)12-18-9-5-3-4-6-16(18)11-17/h7-8,10,16H,3-6,9,11-12H2,1-2H3. The maximum absolute atomic E-state index is 6.13. The first-order chi connectivity index (χ1) is 8.70. The lowest BCUT2D eigenvalue weighted by molar-refractivity contribution is 0.207. The van der Waals surface area contributed by atoms with Crippen molar-refractivity contribution in [1.82, 2.24) is 4.90 Å². The van der Waals surface area contributed by atoms with Gasteiger partial charge in [-0.3, -0.25) is 4.90 Å². The molecular formula is C16H24ClN. The van der Waals surface area contributed by atoms with Gasteiger partial charge in [0.1, 0.15) is 0 Å². The highest BCUT2D eigenvalue weighted by atomic mass is 35.5. The molecule has 1 aliphatic rings. The Hall–Kier alpha value is -0.530. The molecule has 18 heavy (non-hydrogen) atoms. The third-order valence-corrected chi connectivity index (χ3v) is 4.49. The van der Waals surface area contributed by atoms with E-state index in [1.807, 2.05) is 0 Å². The molecule has 2 heteroatoms. The van der Waals surface area contributed by atoms with Crippen molar-refractivity contribution in [3.8, 4) is 0 Å². The molecule has 0 aromatic heterocycles. The van der Waals surface area contributed by atoms with Gasteiger partial charge < -0.3 is 0 Å². The number of alkyl halides is 1. The van der Waals surface area contributed by atoms with Crippen LogP contribution in [0.3, 0.4) is 0 Å². The summed E-state index contributed by atoms with van der Waals surface area (Å²) >= 11 is 6.13. The van der Waals surface area contributed by atoms with Crippen molar-refractivity contribution in [2.45, 2.75) is 52.1 Å². The van der Waals surface area contributed by atoms with Gasteiger partial charge in [-0.05, 0) is 49.9 Å². The summed E-state index contributed by atoms with van der Waals surface area (Å²) < 4.78 is 0. The highest BCUT2D eigenvalue weighted by molar-refractivity contribution is 6.18. The van der Waals surface area contributed by atoms with Gasteiger partial charge in [-0.25, -0.2) is 0 Å². The second kappa shape index (κ2) is 6.58. The molecule has 0 spiro atoms. The van der Waals surface area contributed by atoms with Crippen molar-refractivity contribution in [1.29, 1.82) is 0 Å². The van der Waals surface area contributed by atoms with Crippen molar-refractivity contribution in [2.75, 3.05) is 12.4 Å². The summed E-state index contributed by atoms with van der Waals surface area (Å²) in [6.45, 7) is 6.62. The Balaban J connectivity index is 2.07. The molecule has 1 saturated heterocycles. The van der Waals surface area contributed by atoms with E-state index in [4.69, 9.17) is 11.6 Å². The van der Waals surface area contributed by atoms with Crippen LogP contribution in [0.15, 0.2) is 18.2 Å². The maximum atomic E-state index is 6.13. The maximum Gasteiger partial charge on any atom is 0.0379 e. The molecule has 100 valence electrons. The van der Waals surface area contributed by atoms with Crippen LogP contribution in [0.25, 0.3) is 0 Å². The average Bonchev–Trinajstić information content (AvgIpc) is 2.59. The predicted molar refractivity (Wildman–Crippen MR) is 79.3 cm³/mol. The zero-order valence-corrected chi connectivity index (χ0v) is 12.3. The number of nitrogens with zero attached hydrogens (tertiary/aromatic N) is 1. The van der Waals surface area contributed by atoms with E-state index in [1.54, 1.807) is 0 Å². The number of benzene rings is 1. The van der Waals surface area contributed by atoms with Gasteiger partial charge in [-0.2, -0.15) is 0 Å². The summed E-state index contributed by atoms with van der Waals surface area (Å²) in [7, 11) is 0. The molecule has 0 N–H and O–H groups in total. The van der Waals surface area contributed by atoms with E-state index in [9.17, 15) is 0 Å². The number of rotatable bonds is 3. The quantitative estimate of drug-likeness (QED) is 0.737. The summed E-state index contributed by atoms with van der Waals surface area (Å²) in [6.07, 6.45) is 5.27. The third kappa shape index (κ3) is 3.49. The predicted octanol–water partition coefficient (Wildman–Crippen LogP) is 4.29. The summed E-state index contributed by atoms with van der Waals surface area (Å²) in [6, 6.07) is 7.39. The lowest BCUT2D eigenvalue weighted by Crippen LogP contribution is -2.35. The Kier molecular flexibility index (Phi) is 5.08. The van der Waals surface area contributed by atoms with Gasteiger partial charge in [-0.15, -0.1) is 11.6 Å². The molecule has 1 nitrogen and oxygen atoms in total. The van der Waals surface area contributed by atoms with Crippen molar-refractivity contribution >= 4 is 11.6 Å². The molecule has 1 atom stereocenters. The van der Waals surface area contributed by atoms with Crippen molar-refractivity contribution in [2.24, 2.45) is 0 Å². The first-order valence-electron chi connectivity index (χ1n) is 7.07. The number of hydrogen-bond acceptors (Lipinski definition) is 1. The first-order valence-corrected chi connectivity index (χ1v) is 7.60. The van der Waals surface area contributed by atoms with Crippen LogP contribution in [-0.2, 0) is 6.54 Å². The number of likely N-dealkylation sites (tertiary alicyclic amines) is 1. The second-order valence-corrected chi connectivity index (χ2v) is 5.86. The highest BCUT2D eigenvalue weighted by Gasteiger charge is 2.20. The number of hydrogen-bond donors (Lipinski definition) is 0. The summed E-state index contributed by atoms with van der Waals surface area (Å²) in [5, 5.41) is 0. The van der Waals surface area contributed by atoms with Gasteiger partial charge in [0.15, 0.2) is 0 Å². The minimum absolute atomic E-state index is 0.566. The Bertz CT molecular complexity index is 389. The minimum Gasteiger partial charge on any atom is -0.295 e. The normalized spacial score (nSPS) is 21.8. The van der Waals surface area contributed by atoms with Gasteiger partial charge in [0.05, 0.1) is 0 Å². The SMILES string of the molecule is Cc1ccc(CN2CCCCCC2CCl)cc1C. The van der Waals surface area contributed by atoms with Gasteiger partial charge in [0, 0.05) is 18.5 Å². The topological polar surface area (TPSA) is 3.24 Å². The molecule has 0 bridgehead atoms. The summed E-state index contributed by atoms with van der Waals surface area (Å²) in [5.41, 5.74) is 4.20. The fourth-order valence-corrected chi connectivity index (χ4v) is 3.11. The van der Waals surface area contributed by atoms with Crippen LogP contribution < -0.4 is 0 Å². The third-order valence-electron chi connectivity index (χ3n) is 4.13. The van der Waals surface area contributed by atoms with Crippen LogP contribution in [0, 0.1) is 13.8 Å². The lowest BCUT2D eigenvalue weighted by Gasteiger charge is -2.28. The van der Waals surface area contributed by atoms with E-state index in [2.05, 4.69) is 36.9 Å². The van der Waals surface area contributed by atoms with Gasteiger partial charge >= 0.3 is 0 Å². The minimum atomic E-state index is 0.566. The van der Waals surface area contributed by atoms with E-state index in [0.29, 0.717) is 6.04 Å². The molecule has 1 unspecified atom stereocenters. The molecule has 0 amide bonds. The Morgan fingerprint density at radius 1 is 1.17 bits per heavy atom. The van der Waals surface area contributed by atoms with E-state index in [1.165, 1.54) is 48.9 Å². The van der Waals surface area contributed by atoms with Crippen molar-refractivity contribution in [3.63, 3.8) is 0 Å². The van der Waals surface area contributed by atoms with Crippen LogP contribution in [0.4, 0.5) is 0 Å². The molecule has 0 saturated carbocycles. The highest BCUT2D eigenvalue weighted by Crippen LogP contribution is 2.21. The van der Waals surface area contributed by atoms with Crippen LogP contribution >= 0.6 is 11.6 Å². The monoisotopic (exact) mass is 265 g/mol. The molecule has 1 aromatic rings. The van der Waals surface area contributed by atoms with Gasteiger partial charge in [0.25, 0.3) is 0 Å². The lowest BCUT2D eigenvalue weighted by atomic mass is 10.1. The zero-order chi connectivity index (χ0) is 13.0. The second-order valence-electron chi connectivity index (χ2n) is 5.55. The zero-order valence-electron chi connectivity index (χ0n) is 11.6. The average molecular weight is 266 g/mol. The van der Waals surface area contributed by atoms with Crippen LogP contribution in [0.1, 0.15) is 42.4 Å². The van der Waals surface area contributed by atoms with E-state index < -0.39 is 0 Å². The largest absolute Gasteiger partial charge is 0.295 e. The van der Waals surface area contributed by atoms with Crippen LogP contribution in [-0.4, -0.2) is 23.4 Å². The fraction of sp³-hybridized carbons (Fsp3) is 0.625. The number of aryl methyl sites for hydroxylation is 2. The van der Waals surface area contributed by atoms with Gasteiger partial charge in [-0.1, -0.05) is 31.0 Å². The van der Waals surface area contributed by atoms with E-state index in [0.717, 1.165) is 12.4 Å². The molecule has 0 aliphatic carbocycles. The van der Waals surface area contributed by atoms with E-state index in [-0.39, 0.29) is 0 Å². The Morgan fingerprint density at radius 3 is 2.72 bits per heavy atom. The summed E-state index contributed by atoms with van der Waals surface area (Å²) in [5.74, 6) is 0.769. The molecule has 0 radical (unpaired) electrons. The Morgan fingerprint density at radius 2 is 2.00 bits per heavy atom. The molecular weight excluding hydrogens is 242 g/mol. The Labute approximate surface area is 116 Å².